The van der Waals surface area contributed by atoms with Crippen LogP contribution < -0.4 is 15.9 Å². The van der Waals surface area contributed by atoms with E-state index in [-0.39, 0.29) is 16.9 Å². The van der Waals surface area contributed by atoms with Crippen molar-refractivity contribution in [1.82, 2.24) is 9.13 Å². The Hall–Kier alpha value is -3.34. The van der Waals surface area contributed by atoms with Crippen molar-refractivity contribution in [2.45, 2.75) is 5.88 Å². The molecule has 3 rings (SSSR count). The Balaban J connectivity index is 2.24. The molecular formula is C19H15F3N2O5S. The topological polar surface area (TPSA) is 87.4 Å². The molecule has 0 bridgehead atoms. The quantitative estimate of drug-likeness (QED) is 0.608. The maximum Gasteiger partial charge on any atom is 0.286 e. The van der Waals surface area contributed by atoms with Crippen LogP contribution in [0, 0.1) is 17.5 Å². The van der Waals surface area contributed by atoms with Crippen molar-refractivity contribution in [2.24, 2.45) is 7.05 Å². The molecule has 0 amide bonds. The number of aromatic nitrogens is 2. The highest BCUT2D eigenvalue weighted by atomic mass is 32.2. The molecule has 158 valence electrons. The predicted molar refractivity (Wildman–Crippen MR) is 103 cm³/mol. The highest BCUT2D eigenvalue weighted by Gasteiger charge is 2.17. The maximum absolute atomic E-state index is 14.0. The molecule has 0 unspecified atom stereocenters. The fourth-order valence-corrected chi connectivity index (χ4v) is 3.41. The lowest BCUT2D eigenvalue weighted by Gasteiger charge is -2.15. The first-order chi connectivity index (χ1) is 13.9. The number of sulfone groups is 1. The van der Waals surface area contributed by atoms with Crippen LogP contribution in [0.25, 0.3) is 11.1 Å². The number of nitrogens with zero attached hydrogens (tertiary/aromatic N) is 2. The third kappa shape index (κ3) is 4.62. The summed E-state index contributed by atoms with van der Waals surface area (Å²) in [5.41, 5.74) is -1.62. The summed E-state index contributed by atoms with van der Waals surface area (Å²) < 4.78 is 71.6. The molecule has 0 spiro atoms. The number of pyridine rings is 2. The highest BCUT2D eigenvalue weighted by molar-refractivity contribution is 7.89. The molecule has 2 aromatic heterocycles. The van der Waals surface area contributed by atoms with Gasteiger partial charge in [0, 0.05) is 49.0 Å². The van der Waals surface area contributed by atoms with E-state index >= 15 is 0 Å². The van der Waals surface area contributed by atoms with E-state index in [1.165, 1.54) is 13.2 Å². The number of hydrogen-bond donors (Lipinski definition) is 0. The summed E-state index contributed by atoms with van der Waals surface area (Å²) in [5.74, 6) is -4.32. The first-order valence-corrected chi connectivity index (χ1v) is 10.4. The van der Waals surface area contributed by atoms with Crippen molar-refractivity contribution in [3.05, 3.63) is 80.9 Å². The number of hydrogen-bond acceptors (Lipinski definition) is 5. The first-order valence-electron chi connectivity index (χ1n) is 8.36. The van der Waals surface area contributed by atoms with Crippen LogP contribution in [0.15, 0.2) is 52.3 Å². The SMILES string of the molecule is Cn1cc(-c2cn(CS(C)(=O)=O)c(=O)cc2Oc2ccc(F)cc2F)cc(F)c1=O. The molecule has 7 nitrogen and oxygen atoms in total. The van der Waals surface area contributed by atoms with Gasteiger partial charge < -0.3 is 9.30 Å². The lowest BCUT2D eigenvalue weighted by Crippen LogP contribution is -2.24. The van der Waals surface area contributed by atoms with Crippen molar-refractivity contribution >= 4 is 9.84 Å². The zero-order valence-electron chi connectivity index (χ0n) is 15.7. The smallest absolute Gasteiger partial charge is 0.286 e. The van der Waals surface area contributed by atoms with Gasteiger partial charge in [0.25, 0.3) is 11.1 Å². The molecule has 0 atom stereocenters. The minimum atomic E-state index is -3.61. The molecule has 0 saturated heterocycles. The van der Waals surface area contributed by atoms with Gasteiger partial charge in [0.05, 0.1) is 0 Å². The van der Waals surface area contributed by atoms with Gasteiger partial charge in [-0.15, -0.1) is 0 Å². The van der Waals surface area contributed by atoms with Crippen molar-refractivity contribution in [3.63, 3.8) is 0 Å². The van der Waals surface area contributed by atoms with Gasteiger partial charge in [-0.2, -0.15) is 0 Å². The molecule has 11 heteroatoms. The monoisotopic (exact) mass is 440 g/mol. The molecule has 1 aromatic carbocycles. The minimum absolute atomic E-state index is 0.0106. The molecule has 0 N–H and O–H groups in total. The molecule has 0 radical (unpaired) electrons. The van der Waals surface area contributed by atoms with Gasteiger partial charge >= 0.3 is 0 Å². The molecule has 2 heterocycles. The van der Waals surface area contributed by atoms with E-state index in [2.05, 4.69) is 0 Å². The molecule has 3 aromatic rings. The molecule has 30 heavy (non-hydrogen) atoms. The second-order valence-electron chi connectivity index (χ2n) is 6.58. The van der Waals surface area contributed by atoms with Gasteiger partial charge in [-0.05, 0) is 18.2 Å². The summed E-state index contributed by atoms with van der Waals surface area (Å²) >= 11 is 0. The van der Waals surface area contributed by atoms with Crippen LogP contribution in [0.1, 0.15) is 0 Å². The average molecular weight is 440 g/mol. The number of rotatable bonds is 5. The van der Waals surface area contributed by atoms with Crippen molar-refractivity contribution in [2.75, 3.05) is 6.26 Å². The summed E-state index contributed by atoms with van der Waals surface area (Å²) in [6.07, 6.45) is 3.26. The largest absolute Gasteiger partial charge is 0.453 e. The third-order valence-electron chi connectivity index (χ3n) is 4.03. The molecule has 0 aliphatic heterocycles. The zero-order valence-corrected chi connectivity index (χ0v) is 16.5. The third-order valence-corrected chi connectivity index (χ3v) is 4.77. The van der Waals surface area contributed by atoms with Crippen LogP contribution in [0.3, 0.4) is 0 Å². The number of ether oxygens (including phenoxy) is 1. The fourth-order valence-electron chi connectivity index (χ4n) is 2.71. The summed E-state index contributed by atoms with van der Waals surface area (Å²) in [6.45, 7) is 0. The lowest BCUT2D eigenvalue weighted by molar-refractivity contribution is 0.437. The Morgan fingerprint density at radius 3 is 2.27 bits per heavy atom. The Morgan fingerprint density at radius 2 is 1.67 bits per heavy atom. The maximum atomic E-state index is 14.0. The summed E-state index contributed by atoms with van der Waals surface area (Å²) in [5, 5.41) is 0. The minimum Gasteiger partial charge on any atom is -0.453 e. The zero-order chi connectivity index (χ0) is 22.2. The fraction of sp³-hybridized carbons (Fsp3) is 0.158. The number of benzene rings is 1. The summed E-state index contributed by atoms with van der Waals surface area (Å²) in [4.78, 5) is 24.0. The summed E-state index contributed by atoms with van der Waals surface area (Å²) in [7, 11) is -2.32. The van der Waals surface area contributed by atoms with Gasteiger partial charge in [0.15, 0.2) is 27.2 Å². The van der Waals surface area contributed by atoms with E-state index in [0.717, 1.165) is 45.9 Å². The van der Waals surface area contributed by atoms with E-state index in [9.17, 15) is 31.2 Å². The Morgan fingerprint density at radius 1 is 0.967 bits per heavy atom. The number of halogens is 3. The molecule has 0 aliphatic carbocycles. The number of aryl methyl sites for hydroxylation is 1. The van der Waals surface area contributed by atoms with E-state index in [4.69, 9.17) is 4.74 Å². The first kappa shape index (κ1) is 21.4. The predicted octanol–water partition coefficient (Wildman–Crippen LogP) is 2.43. The standard InChI is InChI=1S/C19H15F3N2O5S/c1-23-8-11(5-15(22)19(23)26)13-9-24(10-30(2,27)28)18(25)7-17(13)29-16-4-3-12(20)6-14(16)21/h3-9H,10H2,1-2H3. The highest BCUT2D eigenvalue weighted by Crippen LogP contribution is 2.33. The van der Waals surface area contributed by atoms with Crippen LogP contribution in [0.5, 0.6) is 11.5 Å². The Labute approximate surface area is 168 Å². The van der Waals surface area contributed by atoms with Crippen LogP contribution >= 0.6 is 0 Å². The van der Waals surface area contributed by atoms with Gasteiger partial charge in [-0.3, -0.25) is 14.2 Å². The van der Waals surface area contributed by atoms with Crippen LogP contribution in [-0.4, -0.2) is 23.8 Å². The second-order valence-corrected chi connectivity index (χ2v) is 8.69. The summed E-state index contributed by atoms with van der Waals surface area (Å²) in [6, 6.07) is 4.28. The molecule has 0 fully saturated rings. The van der Waals surface area contributed by atoms with Crippen LogP contribution in [0.2, 0.25) is 0 Å². The molecule has 0 aliphatic rings. The van der Waals surface area contributed by atoms with Gasteiger partial charge in [0.1, 0.15) is 17.4 Å². The van der Waals surface area contributed by atoms with Crippen molar-refractivity contribution in [3.8, 4) is 22.6 Å². The van der Waals surface area contributed by atoms with E-state index in [1.54, 1.807) is 0 Å². The van der Waals surface area contributed by atoms with E-state index in [1.807, 2.05) is 0 Å². The average Bonchev–Trinajstić information content (AvgIpc) is 2.62. The van der Waals surface area contributed by atoms with Crippen molar-refractivity contribution in [1.29, 1.82) is 0 Å². The van der Waals surface area contributed by atoms with Crippen LogP contribution in [-0.2, 0) is 22.8 Å². The Bertz CT molecular complexity index is 1340. The van der Waals surface area contributed by atoms with Gasteiger partial charge in [0.2, 0.25) is 0 Å². The van der Waals surface area contributed by atoms with E-state index in [0.29, 0.717) is 6.07 Å². The van der Waals surface area contributed by atoms with Crippen LogP contribution in [0.4, 0.5) is 13.2 Å². The molecule has 0 saturated carbocycles. The van der Waals surface area contributed by atoms with E-state index < -0.39 is 50.0 Å². The normalized spacial score (nSPS) is 11.5. The lowest BCUT2D eigenvalue weighted by atomic mass is 10.1. The second kappa shape index (κ2) is 7.82. The molecular weight excluding hydrogens is 425 g/mol. The van der Waals surface area contributed by atoms with Gasteiger partial charge in [-0.25, -0.2) is 21.6 Å². The van der Waals surface area contributed by atoms with Gasteiger partial charge in [-0.1, -0.05) is 0 Å². The van der Waals surface area contributed by atoms with Crippen molar-refractivity contribution < 1.29 is 26.3 Å². The Kier molecular flexibility index (Phi) is 5.57.